The highest BCUT2D eigenvalue weighted by atomic mass is 79.9. The van der Waals surface area contributed by atoms with Crippen LogP contribution in [-0.2, 0) is 0 Å². The molecule has 0 fully saturated rings. The van der Waals surface area contributed by atoms with Gasteiger partial charge in [-0.15, -0.1) is 0 Å². The summed E-state index contributed by atoms with van der Waals surface area (Å²) in [4.78, 5) is 0.616. The Morgan fingerprint density at radius 2 is 1.79 bits per heavy atom. The van der Waals surface area contributed by atoms with Crippen molar-refractivity contribution in [2.24, 2.45) is 0 Å². The Kier molecular flexibility index (Phi) is 5.24. The van der Waals surface area contributed by atoms with E-state index in [0.29, 0.717) is 10.7 Å². The topological polar surface area (TPSA) is 0 Å². The van der Waals surface area contributed by atoms with Gasteiger partial charge in [0.15, 0.2) is 0 Å². The lowest BCUT2D eigenvalue weighted by Gasteiger charge is -2.21. The summed E-state index contributed by atoms with van der Waals surface area (Å²) >= 11 is 3.78. The van der Waals surface area contributed by atoms with E-state index in [1.165, 1.54) is 24.8 Å². The number of benzene rings is 1. The van der Waals surface area contributed by atoms with Gasteiger partial charge in [-0.2, -0.15) is 0 Å². The van der Waals surface area contributed by atoms with Crippen LogP contribution in [0.4, 0.5) is 0 Å². The van der Waals surface area contributed by atoms with Gasteiger partial charge >= 0.3 is 0 Å². The molecular weight excluding hydrogens is 236 g/mol. The lowest BCUT2D eigenvalue weighted by molar-refractivity contribution is 0.581. The van der Waals surface area contributed by atoms with E-state index in [0.717, 1.165) is 0 Å². The second-order valence-electron chi connectivity index (χ2n) is 3.73. The molecule has 1 rings (SSSR count). The predicted molar refractivity (Wildman–Crippen MR) is 67.1 cm³/mol. The highest BCUT2D eigenvalue weighted by molar-refractivity contribution is 9.09. The van der Waals surface area contributed by atoms with Crippen molar-refractivity contribution in [1.29, 1.82) is 0 Å². The van der Waals surface area contributed by atoms with Crippen LogP contribution in [0.15, 0.2) is 30.3 Å². The number of halogens is 1. The largest absolute Gasteiger partial charge is 0.0884 e. The van der Waals surface area contributed by atoms with Gasteiger partial charge in [0.25, 0.3) is 0 Å². The van der Waals surface area contributed by atoms with E-state index < -0.39 is 0 Å². The molecule has 0 saturated heterocycles. The molecule has 78 valence electrons. The molecule has 1 heteroatoms. The van der Waals surface area contributed by atoms with E-state index in [4.69, 9.17) is 0 Å². The Labute approximate surface area is 95.9 Å². The summed E-state index contributed by atoms with van der Waals surface area (Å²) in [6.07, 6.45) is 3.72. The van der Waals surface area contributed by atoms with Crippen LogP contribution in [0, 0.1) is 0 Å². The first-order chi connectivity index (χ1) is 6.79. The monoisotopic (exact) mass is 254 g/mol. The smallest absolute Gasteiger partial charge is 0.0211 e. The lowest BCUT2D eigenvalue weighted by atomic mass is 9.90. The predicted octanol–water partition coefficient (Wildman–Crippen LogP) is 4.74. The van der Waals surface area contributed by atoms with Gasteiger partial charge in [0.05, 0.1) is 0 Å². The molecule has 0 aromatic heterocycles. The van der Waals surface area contributed by atoms with Crippen molar-refractivity contribution in [1.82, 2.24) is 0 Å². The molecule has 0 nitrogen and oxygen atoms in total. The third kappa shape index (κ3) is 3.13. The Balaban J connectivity index is 2.77. The molecule has 0 saturated carbocycles. The fourth-order valence-corrected chi connectivity index (χ4v) is 2.42. The summed E-state index contributed by atoms with van der Waals surface area (Å²) in [6, 6.07) is 10.8. The highest BCUT2D eigenvalue weighted by Crippen LogP contribution is 2.31. The molecule has 0 N–H and O–H groups in total. The van der Waals surface area contributed by atoms with E-state index in [1.807, 2.05) is 0 Å². The molecule has 0 heterocycles. The van der Waals surface area contributed by atoms with Crippen LogP contribution >= 0.6 is 15.9 Å². The summed E-state index contributed by atoms with van der Waals surface area (Å²) in [5.74, 6) is 0.672. The molecule has 0 bridgehead atoms. The second-order valence-corrected chi connectivity index (χ2v) is 4.91. The molecule has 2 unspecified atom stereocenters. The van der Waals surface area contributed by atoms with Crippen molar-refractivity contribution >= 4 is 15.9 Å². The Morgan fingerprint density at radius 1 is 1.14 bits per heavy atom. The van der Waals surface area contributed by atoms with Gasteiger partial charge in [-0.05, 0) is 24.3 Å². The van der Waals surface area contributed by atoms with Crippen molar-refractivity contribution in [3.05, 3.63) is 35.9 Å². The number of hydrogen-bond donors (Lipinski definition) is 0. The van der Waals surface area contributed by atoms with Gasteiger partial charge in [0, 0.05) is 4.83 Å². The maximum atomic E-state index is 3.78. The molecule has 1 aromatic carbocycles. The molecule has 0 aliphatic carbocycles. The van der Waals surface area contributed by atoms with Gasteiger partial charge in [0.1, 0.15) is 0 Å². The number of rotatable bonds is 5. The van der Waals surface area contributed by atoms with Gasteiger partial charge in [-0.25, -0.2) is 0 Å². The van der Waals surface area contributed by atoms with Crippen LogP contribution in [0.2, 0.25) is 0 Å². The summed E-state index contributed by atoms with van der Waals surface area (Å²) in [5.41, 5.74) is 1.47. The zero-order valence-corrected chi connectivity index (χ0v) is 10.6. The summed E-state index contributed by atoms with van der Waals surface area (Å²) in [7, 11) is 0. The van der Waals surface area contributed by atoms with E-state index in [-0.39, 0.29) is 0 Å². The van der Waals surface area contributed by atoms with Crippen LogP contribution in [0.5, 0.6) is 0 Å². The van der Waals surface area contributed by atoms with Crippen molar-refractivity contribution in [2.45, 2.75) is 43.9 Å². The quantitative estimate of drug-likeness (QED) is 0.666. The molecule has 0 amide bonds. The molecule has 2 atom stereocenters. The Morgan fingerprint density at radius 3 is 2.29 bits per heavy atom. The molecule has 1 aromatic rings. The van der Waals surface area contributed by atoms with Crippen LogP contribution < -0.4 is 0 Å². The van der Waals surface area contributed by atoms with Crippen molar-refractivity contribution in [3.63, 3.8) is 0 Å². The minimum atomic E-state index is 0.616. The van der Waals surface area contributed by atoms with Gasteiger partial charge in [0.2, 0.25) is 0 Å². The SMILES string of the molecule is CCCC(c1ccccc1)C(Br)CC. The summed E-state index contributed by atoms with van der Waals surface area (Å²) < 4.78 is 0. The van der Waals surface area contributed by atoms with Crippen LogP contribution in [0.1, 0.15) is 44.6 Å². The lowest BCUT2D eigenvalue weighted by Crippen LogP contribution is -2.11. The first-order valence-electron chi connectivity index (χ1n) is 5.48. The average Bonchev–Trinajstić information content (AvgIpc) is 2.26. The molecule has 0 aliphatic heterocycles. The minimum absolute atomic E-state index is 0.616. The van der Waals surface area contributed by atoms with Gasteiger partial charge in [-0.1, -0.05) is 66.5 Å². The second kappa shape index (κ2) is 6.23. The number of hydrogen-bond acceptors (Lipinski definition) is 0. The average molecular weight is 255 g/mol. The Hall–Kier alpha value is -0.300. The third-order valence-electron chi connectivity index (χ3n) is 2.65. The fraction of sp³-hybridized carbons (Fsp3) is 0.538. The van der Waals surface area contributed by atoms with Crippen molar-refractivity contribution in [3.8, 4) is 0 Å². The van der Waals surface area contributed by atoms with E-state index in [1.54, 1.807) is 0 Å². The van der Waals surface area contributed by atoms with E-state index in [9.17, 15) is 0 Å². The maximum Gasteiger partial charge on any atom is 0.0211 e. The zero-order valence-electron chi connectivity index (χ0n) is 9.04. The Bertz CT molecular complexity index is 243. The van der Waals surface area contributed by atoms with Gasteiger partial charge in [-0.3, -0.25) is 0 Å². The third-order valence-corrected chi connectivity index (χ3v) is 3.94. The summed E-state index contributed by atoms with van der Waals surface area (Å²) in [5, 5.41) is 0. The van der Waals surface area contributed by atoms with Crippen LogP contribution in [0.3, 0.4) is 0 Å². The maximum absolute atomic E-state index is 3.78. The summed E-state index contributed by atoms with van der Waals surface area (Å²) in [6.45, 7) is 4.50. The van der Waals surface area contributed by atoms with Crippen LogP contribution in [0.25, 0.3) is 0 Å². The molecule has 0 radical (unpaired) electrons. The zero-order chi connectivity index (χ0) is 10.4. The number of alkyl halides is 1. The van der Waals surface area contributed by atoms with Crippen molar-refractivity contribution in [2.75, 3.05) is 0 Å². The fourth-order valence-electron chi connectivity index (χ4n) is 1.85. The molecule has 0 aliphatic rings. The first-order valence-corrected chi connectivity index (χ1v) is 6.40. The molecule has 14 heavy (non-hydrogen) atoms. The molecule has 0 spiro atoms. The van der Waals surface area contributed by atoms with Gasteiger partial charge < -0.3 is 0 Å². The highest BCUT2D eigenvalue weighted by Gasteiger charge is 2.17. The van der Waals surface area contributed by atoms with Crippen molar-refractivity contribution < 1.29 is 0 Å². The molecular formula is C13H19Br. The van der Waals surface area contributed by atoms with Crippen LogP contribution in [-0.4, -0.2) is 4.83 Å². The van der Waals surface area contributed by atoms with E-state index in [2.05, 4.69) is 60.1 Å². The normalized spacial score (nSPS) is 15.1. The standard InChI is InChI=1S/C13H19Br/c1-3-8-12(13(14)4-2)11-9-6-5-7-10-11/h5-7,9-10,12-13H,3-4,8H2,1-2H3. The van der Waals surface area contributed by atoms with E-state index >= 15 is 0 Å². The first kappa shape index (κ1) is 11.8. The minimum Gasteiger partial charge on any atom is -0.0884 e.